The molecule has 7 heteroatoms. The van der Waals surface area contributed by atoms with E-state index in [1.165, 1.54) is 0 Å². The number of nitrogens with one attached hydrogen (secondary N) is 2. The van der Waals surface area contributed by atoms with Crippen molar-refractivity contribution in [2.24, 2.45) is 0 Å². The van der Waals surface area contributed by atoms with Gasteiger partial charge in [-0.05, 0) is 24.6 Å². The Morgan fingerprint density at radius 2 is 2.00 bits per heavy atom. The Bertz CT molecular complexity index is 445. The highest BCUT2D eigenvalue weighted by Gasteiger charge is 2.13. The number of benzene rings is 1. The van der Waals surface area contributed by atoms with Gasteiger partial charge in [0.25, 0.3) is 0 Å². The first-order valence-electron chi connectivity index (χ1n) is 5.09. The van der Waals surface area contributed by atoms with Crippen molar-refractivity contribution in [3.8, 4) is 0 Å². The van der Waals surface area contributed by atoms with Gasteiger partial charge in [0.15, 0.2) is 0 Å². The van der Waals surface area contributed by atoms with Crippen LogP contribution >= 0.6 is 35.8 Å². The first-order chi connectivity index (χ1) is 8.49. The number of rotatable bonds is 5. The summed E-state index contributed by atoms with van der Waals surface area (Å²) >= 11 is 16.1. The average molecular weight is 307 g/mol. The van der Waals surface area contributed by atoms with Crippen LogP contribution in [0.2, 0.25) is 10.0 Å². The van der Waals surface area contributed by atoms with E-state index in [0.717, 1.165) is 0 Å². The van der Waals surface area contributed by atoms with Gasteiger partial charge < -0.3 is 10.6 Å². The van der Waals surface area contributed by atoms with Crippen molar-refractivity contribution in [2.75, 3.05) is 5.32 Å². The topological polar surface area (TPSA) is 58.2 Å². The van der Waals surface area contributed by atoms with Crippen LogP contribution in [0.25, 0.3) is 0 Å². The van der Waals surface area contributed by atoms with Gasteiger partial charge in [-0.2, -0.15) is 12.6 Å². The van der Waals surface area contributed by atoms with Gasteiger partial charge in [0.2, 0.25) is 12.3 Å². The lowest BCUT2D eigenvalue weighted by atomic mass is 10.2. The van der Waals surface area contributed by atoms with E-state index in [-0.39, 0.29) is 5.91 Å². The van der Waals surface area contributed by atoms with Gasteiger partial charge in [0.05, 0.1) is 0 Å². The van der Waals surface area contributed by atoms with Crippen molar-refractivity contribution in [1.82, 2.24) is 5.32 Å². The Labute approximate surface area is 120 Å². The molecule has 1 unspecified atom stereocenters. The van der Waals surface area contributed by atoms with E-state index in [2.05, 4.69) is 23.3 Å². The summed E-state index contributed by atoms with van der Waals surface area (Å²) in [5.74, 6) is 0.0579. The summed E-state index contributed by atoms with van der Waals surface area (Å²) < 4.78 is 0. The zero-order chi connectivity index (χ0) is 13.7. The molecule has 18 heavy (non-hydrogen) atoms. The summed E-state index contributed by atoms with van der Waals surface area (Å²) in [4.78, 5) is 21.9. The van der Waals surface area contributed by atoms with E-state index in [1.54, 1.807) is 19.1 Å². The Hall–Kier alpha value is -0.910. The van der Waals surface area contributed by atoms with E-state index in [4.69, 9.17) is 23.2 Å². The van der Waals surface area contributed by atoms with Crippen LogP contribution in [0.15, 0.2) is 12.1 Å². The molecule has 98 valence electrons. The fraction of sp³-hybridized carbons (Fsp3) is 0.273. The van der Waals surface area contributed by atoms with Gasteiger partial charge in [-0.3, -0.25) is 9.59 Å². The highest BCUT2D eigenvalue weighted by Crippen LogP contribution is 2.30. The number of amides is 2. The Morgan fingerprint density at radius 1 is 1.44 bits per heavy atom. The first kappa shape index (κ1) is 15.1. The van der Waals surface area contributed by atoms with Crippen LogP contribution in [0.1, 0.15) is 12.5 Å². The fourth-order valence-corrected chi connectivity index (χ4v) is 2.40. The highest BCUT2D eigenvalue weighted by atomic mass is 35.5. The average Bonchev–Trinajstić information content (AvgIpc) is 2.28. The van der Waals surface area contributed by atoms with Gasteiger partial charge >= 0.3 is 0 Å². The predicted octanol–water partition coefficient (Wildman–Crippen LogP) is 2.50. The number of hydrogen-bond acceptors (Lipinski definition) is 3. The minimum atomic E-state index is -0.635. The van der Waals surface area contributed by atoms with E-state index >= 15 is 0 Å². The molecule has 4 nitrogen and oxygen atoms in total. The number of carbonyl (C=O) groups is 2. The van der Waals surface area contributed by atoms with Crippen molar-refractivity contribution in [2.45, 2.75) is 18.7 Å². The van der Waals surface area contributed by atoms with Gasteiger partial charge in [-0.25, -0.2) is 0 Å². The molecule has 1 atom stereocenters. The molecule has 0 aliphatic rings. The normalized spacial score (nSPS) is 11.8. The Kier molecular flexibility index (Phi) is 5.78. The zero-order valence-corrected chi connectivity index (χ0v) is 11.9. The Morgan fingerprint density at radius 3 is 2.44 bits per heavy atom. The maximum absolute atomic E-state index is 11.6. The second kappa shape index (κ2) is 6.87. The third-order valence-electron chi connectivity index (χ3n) is 2.28. The molecule has 0 fully saturated rings. The van der Waals surface area contributed by atoms with Gasteiger partial charge in [0, 0.05) is 21.5 Å². The lowest BCUT2D eigenvalue weighted by molar-refractivity contribution is -0.120. The molecule has 2 N–H and O–H groups in total. The number of halogens is 2. The molecule has 0 radical (unpaired) electrons. The maximum atomic E-state index is 11.6. The molecule has 0 aliphatic heterocycles. The van der Waals surface area contributed by atoms with Crippen molar-refractivity contribution < 1.29 is 9.59 Å². The van der Waals surface area contributed by atoms with E-state index in [9.17, 15) is 9.59 Å². The molecule has 0 saturated carbocycles. The lowest BCUT2D eigenvalue weighted by Gasteiger charge is -2.13. The third kappa shape index (κ3) is 3.80. The van der Waals surface area contributed by atoms with Crippen LogP contribution < -0.4 is 10.6 Å². The Balaban J connectivity index is 2.86. The molecule has 0 bridgehead atoms. The van der Waals surface area contributed by atoms with Crippen LogP contribution in [0, 0.1) is 0 Å². The molecule has 1 aromatic carbocycles. The monoisotopic (exact) mass is 306 g/mol. The molecule has 1 aromatic rings. The van der Waals surface area contributed by atoms with Crippen LogP contribution in [0.3, 0.4) is 0 Å². The van der Waals surface area contributed by atoms with Crippen molar-refractivity contribution >= 4 is 53.8 Å². The number of anilines is 1. The second-order valence-corrected chi connectivity index (χ2v) is 4.70. The molecular formula is C11H12Cl2N2O2S. The van der Waals surface area contributed by atoms with E-state index in [0.29, 0.717) is 33.5 Å². The summed E-state index contributed by atoms with van der Waals surface area (Å²) in [6.07, 6.45) is 0.466. The predicted molar refractivity (Wildman–Crippen MR) is 76.4 cm³/mol. The van der Waals surface area contributed by atoms with Crippen LogP contribution in [-0.2, 0) is 15.3 Å². The molecule has 0 saturated heterocycles. The zero-order valence-electron chi connectivity index (χ0n) is 9.54. The summed E-state index contributed by atoms with van der Waals surface area (Å²) in [6.45, 7) is 1.56. The summed E-state index contributed by atoms with van der Waals surface area (Å²) in [7, 11) is 0. The molecule has 2 amide bonds. The molecule has 1 rings (SSSR count). The quantitative estimate of drug-likeness (QED) is 0.578. The first-order valence-corrected chi connectivity index (χ1v) is 6.47. The smallest absolute Gasteiger partial charge is 0.246 e. The van der Waals surface area contributed by atoms with Crippen molar-refractivity contribution in [3.63, 3.8) is 0 Å². The highest BCUT2D eigenvalue weighted by molar-refractivity contribution is 7.79. The third-order valence-corrected chi connectivity index (χ3v) is 3.27. The summed E-state index contributed by atoms with van der Waals surface area (Å²) in [6, 6.07) is 2.54. The number of hydrogen-bond donors (Lipinski definition) is 3. The number of thiol groups is 1. The van der Waals surface area contributed by atoms with Crippen LogP contribution in [0.5, 0.6) is 0 Å². The van der Waals surface area contributed by atoms with Crippen molar-refractivity contribution in [3.05, 3.63) is 27.7 Å². The second-order valence-electron chi connectivity index (χ2n) is 3.57. The minimum Gasteiger partial charge on any atom is -0.347 e. The van der Waals surface area contributed by atoms with Gasteiger partial charge in [-0.1, -0.05) is 23.2 Å². The number of carbonyl (C=O) groups excluding carboxylic acids is 2. The molecule has 0 aliphatic carbocycles. The van der Waals surface area contributed by atoms with Gasteiger partial charge in [-0.15, -0.1) is 0 Å². The SMILES string of the molecule is CC(NC=O)C(=O)Nc1cc(Cl)c(CS)c(Cl)c1. The fourth-order valence-electron chi connectivity index (χ4n) is 1.25. The van der Waals surface area contributed by atoms with Crippen molar-refractivity contribution in [1.29, 1.82) is 0 Å². The minimum absolute atomic E-state index is 0.354. The lowest BCUT2D eigenvalue weighted by Crippen LogP contribution is -2.37. The summed E-state index contributed by atoms with van der Waals surface area (Å²) in [5, 5.41) is 5.82. The molecule has 0 spiro atoms. The summed E-state index contributed by atoms with van der Waals surface area (Å²) in [5.41, 5.74) is 1.18. The molecule has 0 aromatic heterocycles. The van der Waals surface area contributed by atoms with Gasteiger partial charge in [0.1, 0.15) is 6.04 Å². The van der Waals surface area contributed by atoms with E-state index < -0.39 is 6.04 Å². The molecular weight excluding hydrogens is 295 g/mol. The largest absolute Gasteiger partial charge is 0.347 e. The van der Waals surface area contributed by atoms with Crippen LogP contribution in [-0.4, -0.2) is 18.4 Å². The standard InChI is InChI=1S/C11H12Cl2N2O2S/c1-6(14-5-16)11(17)15-7-2-9(12)8(4-18)10(13)3-7/h2-3,5-6,18H,4H2,1H3,(H,14,16)(H,15,17). The maximum Gasteiger partial charge on any atom is 0.246 e. The van der Waals surface area contributed by atoms with Crippen LogP contribution in [0.4, 0.5) is 5.69 Å². The molecule has 0 heterocycles. The van der Waals surface area contributed by atoms with E-state index in [1.807, 2.05) is 0 Å².